The number of piperidine rings is 2. The summed E-state index contributed by atoms with van der Waals surface area (Å²) in [7, 11) is 3.11. The summed E-state index contributed by atoms with van der Waals surface area (Å²) in [5.74, 6) is -2.19. The molecule has 0 radical (unpaired) electrons. The molecule has 1 aliphatic carbocycles. The molecule has 2 aromatic rings. The summed E-state index contributed by atoms with van der Waals surface area (Å²) in [5.41, 5.74) is -0.996. The Morgan fingerprint density at radius 3 is 2.27 bits per heavy atom. The fourth-order valence-electron chi connectivity index (χ4n) is 8.72. The van der Waals surface area contributed by atoms with Crippen LogP contribution >= 0.6 is 0 Å². The minimum absolute atomic E-state index is 0.0160. The van der Waals surface area contributed by atoms with E-state index in [4.69, 9.17) is 9.47 Å². The molecule has 3 aliphatic heterocycles. The number of carboxylic acids is 1. The SMILES string of the molecule is COC[C@@H]1C[C@H](c2ccc(C(F)(F)F)cc2N2CCC(C(=O)O)CC2)CCN1C(=O)[C@]1(F)CN(C2CCCC2)C[C@H]1c1ccc(OC)cc1. The van der Waals surface area contributed by atoms with Crippen molar-refractivity contribution in [1.82, 2.24) is 9.80 Å². The lowest BCUT2D eigenvalue weighted by Gasteiger charge is -2.43. The van der Waals surface area contributed by atoms with Gasteiger partial charge in [-0.1, -0.05) is 31.0 Å². The number of hydrogen-bond acceptors (Lipinski definition) is 6. The van der Waals surface area contributed by atoms with Gasteiger partial charge in [0.1, 0.15) is 5.75 Å². The van der Waals surface area contributed by atoms with Crippen molar-refractivity contribution in [2.75, 3.05) is 58.5 Å². The number of nitrogens with zero attached hydrogens (tertiary/aromatic N) is 3. The van der Waals surface area contributed by atoms with Crippen molar-refractivity contribution in [1.29, 1.82) is 0 Å². The number of halogens is 4. The third-order valence-electron chi connectivity index (χ3n) is 11.4. The van der Waals surface area contributed by atoms with Crippen LogP contribution in [0.3, 0.4) is 0 Å². The predicted molar refractivity (Wildman–Crippen MR) is 177 cm³/mol. The highest BCUT2D eigenvalue weighted by Crippen LogP contribution is 2.46. The largest absolute Gasteiger partial charge is 0.497 e. The molecule has 3 saturated heterocycles. The number of methoxy groups -OCH3 is 2. The highest BCUT2D eigenvalue weighted by molar-refractivity contribution is 5.88. The summed E-state index contributed by atoms with van der Waals surface area (Å²) in [6, 6.07) is 10.8. The van der Waals surface area contributed by atoms with Crippen LogP contribution in [0.15, 0.2) is 42.5 Å². The molecule has 12 heteroatoms. The molecule has 4 fully saturated rings. The molecule has 4 aliphatic rings. The Labute approximate surface area is 285 Å². The lowest BCUT2D eigenvalue weighted by atomic mass is 9.81. The third kappa shape index (κ3) is 7.27. The van der Waals surface area contributed by atoms with Crippen molar-refractivity contribution in [2.24, 2.45) is 5.92 Å². The number of likely N-dealkylation sites (tertiary alicyclic amines) is 2. The van der Waals surface area contributed by atoms with E-state index in [1.54, 1.807) is 24.1 Å². The second-order valence-corrected chi connectivity index (χ2v) is 14.3. The molecule has 0 bridgehead atoms. The van der Waals surface area contributed by atoms with Crippen molar-refractivity contribution in [2.45, 2.75) is 87.1 Å². The van der Waals surface area contributed by atoms with Gasteiger partial charge in [-0.05, 0) is 79.8 Å². The minimum atomic E-state index is -4.54. The minimum Gasteiger partial charge on any atom is -0.497 e. The first kappa shape index (κ1) is 35.4. The van der Waals surface area contributed by atoms with Gasteiger partial charge in [-0.3, -0.25) is 14.5 Å². The zero-order chi connectivity index (χ0) is 34.9. The Morgan fingerprint density at radius 2 is 1.65 bits per heavy atom. The van der Waals surface area contributed by atoms with Gasteiger partial charge < -0.3 is 24.4 Å². The van der Waals surface area contributed by atoms with Gasteiger partial charge in [0.05, 0.1) is 31.2 Å². The van der Waals surface area contributed by atoms with E-state index in [0.717, 1.165) is 42.9 Å². The number of carboxylic acid groups (broad SMARTS) is 1. The number of amides is 1. The van der Waals surface area contributed by atoms with E-state index < -0.39 is 47.2 Å². The summed E-state index contributed by atoms with van der Waals surface area (Å²) in [5, 5.41) is 9.48. The molecule has 1 saturated carbocycles. The number of anilines is 1. The monoisotopic (exact) mass is 689 g/mol. The Bertz CT molecular complexity index is 1480. The molecule has 49 heavy (non-hydrogen) atoms. The number of carbonyl (C=O) groups excluding carboxylic acids is 1. The molecule has 0 spiro atoms. The topological polar surface area (TPSA) is 82.5 Å². The zero-order valence-electron chi connectivity index (χ0n) is 28.3. The fourth-order valence-corrected chi connectivity index (χ4v) is 8.72. The van der Waals surface area contributed by atoms with Crippen molar-refractivity contribution in [3.05, 3.63) is 59.2 Å². The highest BCUT2D eigenvalue weighted by Gasteiger charge is 2.57. The van der Waals surface area contributed by atoms with Gasteiger partial charge in [0.2, 0.25) is 5.67 Å². The quantitative estimate of drug-likeness (QED) is 0.302. The van der Waals surface area contributed by atoms with Crippen LogP contribution in [0.2, 0.25) is 0 Å². The number of alkyl halides is 4. The van der Waals surface area contributed by atoms with Gasteiger partial charge in [-0.2, -0.15) is 13.2 Å². The van der Waals surface area contributed by atoms with Crippen LogP contribution in [-0.2, 0) is 20.5 Å². The average Bonchev–Trinajstić information content (AvgIpc) is 3.77. The van der Waals surface area contributed by atoms with Crippen LogP contribution in [0.1, 0.15) is 79.9 Å². The molecule has 2 aromatic carbocycles. The fraction of sp³-hybridized carbons (Fsp3) is 0.622. The smallest absolute Gasteiger partial charge is 0.416 e. The van der Waals surface area contributed by atoms with E-state index in [1.165, 1.54) is 19.2 Å². The Balaban J connectivity index is 1.27. The van der Waals surface area contributed by atoms with Crippen LogP contribution in [0.25, 0.3) is 0 Å². The summed E-state index contributed by atoms with van der Waals surface area (Å²) < 4.78 is 70.2. The predicted octanol–water partition coefficient (Wildman–Crippen LogP) is 6.49. The molecular weight excluding hydrogens is 642 g/mol. The van der Waals surface area contributed by atoms with Gasteiger partial charge in [-0.25, -0.2) is 4.39 Å². The molecule has 3 heterocycles. The van der Waals surface area contributed by atoms with E-state index >= 15 is 4.39 Å². The molecule has 0 aromatic heterocycles. The van der Waals surface area contributed by atoms with E-state index in [9.17, 15) is 27.9 Å². The van der Waals surface area contributed by atoms with Crippen molar-refractivity contribution in [3.63, 3.8) is 0 Å². The van der Waals surface area contributed by atoms with Crippen molar-refractivity contribution >= 4 is 17.6 Å². The first-order valence-electron chi connectivity index (χ1n) is 17.5. The molecule has 1 amide bonds. The molecule has 1 N–H and O–H groups in total. The maximum Gasteiger partial charge on any atom is 0.416 e. The Morgan fingerprint density at radius 1 is 0.959 bits per heavy atom. The number of carbonyl (C=O) groups is 2. The van der Waals surface area contributed by atoms with Gasteiger partial charge in [-0.15, -0.1) is 0 Å². The maximum atomic E-state index is 17.7. The number of benzene rings is 2. The van der Waals surface area contributed by atoms with E-state index in [2.05, 4.69) is 4.90 Å². The van der Waals surface area contributed by atoms with Crippen LogP contribution in [0, 0.1) is 5.92 Å². The lowest BCUT2D eigenvalue weighted by molar-refractivity contribution is -0.150. The summed E-state index contributed by atoms with van der Waals surface area (Å²) in [6.45, 7) is 1.53. The van der Waals surface area contributed by atoms with Crippen LogP contribution in [-0.4, -0.2) is 98.1 Å². The number of hydrogen-bond donors (Lipinski definition) is 1. The Hall–Kier alpha value is -3.38. The van der Waals surface area contributed by atoms with Crippen LogP contribution in [0.4, 0.5) is 23.2 Å². The molecule has 268 valence electrons. The second-order valence-electron chi connectivity index (χ2n) is 14.3. The molecule has 6 rings (SSSR count). The van der Waals surface area contributed by atoms with Crippen LogP contribution in [0.5, 0.6) is 5.75 Å². The van der Waals surface area contributed by atoms with E-state index in [0.29, 0.717) is 56.8 Å². The summed E-state index contributed by atoms with van der Waals surface area (Å²) in [6.07, 6.45) is 1.16. The highest BCUT2D eigenvalue weighted by atomic mass is 19.4. The Kier molecular flexibility index (Phi) is 10.5. The van der Waals surface area contributed by atoms with Crippen molar-refractivity contribution < 1.29 is 41.7 Å². The summed E-state index contributed by atoms with van der Waals surface area (Å²) in [4.78, 5) is 31.7. The van der Waals surface area contributed by atoms with E-state index in [1.807, 2.05) is 17.0 Å². The number of aliphatic carboxylic acids is 1. The second kappa shape index (κ2) is 14.5. The number of rotatable bonds is 9. The molecular formula is C37H47F4N3O5. The summed E-state index contributed by atoms with van der Waals surface area (Å²) >= 11 is 0. The molecule has 0 unspecified atom stereocenters. The van der Waals surface area contributed by atoms with E-state index in [-0.39, 0.29) is 31.7 Å². The van der Waals surface area contributed by atoms with Gasteiger partial charge >= 0.3 is 12.1 Å². The first-order valence-corrected chi connectivity index (χ1v) is 17.5. The standard InChI is InChI=1S/C37H47F4N3O5/c1-48-22-29-19-26(31-12-9-27(37(39,40)41)20-33(31)42-16-13-25(14-17-42)34(45)46)15-18-44(29)35(47)36(38)23-43(28-5-3-4-6-28)21-32(36)24-7-10-30(49-2)11-8-24/h7-12,20,25-26,28-29,32H,3-6,13-19,21-23H2,1-2H3,(H,45,46)/t26-,29+,32+,36+/m1/s1. The zero-order valence-corrected chi connectivity index (χ0v) is 28.3. The maximum absolute atomic E-state index is 17.7. The van der Waals surface area contributed by atoms with Gasteiger partial charge in [0, 0.05) is 57.5 Å². The van der Waals surface area contributed by atoms with Gasteiger partial charge in [0.15, 0.2) is 0 Å². The van der Waals surface area contributed by atoms with Crippen LogP contribution < -0.4 is 9.64 Å². The van der Waals surface area contributed by atoms with Gasteiger partial charge in [0.25, 0.3) is 5.91 Å². The lowest BCUT2D eigenvalue weighted by Crippen LogP contribution is -2.57. The molecule has 8 nitrogen and oxygen atoms in total. The average molecular weight is 690 g/mol. The normalized spacial score (nSPS) is 27.5. The molecule has 4 atom stereocenters. The van der Waals surface area contributed by atoms with Crippen molar-refractivity contribution in [3.8, 4) is 5.75 Å². The first-order chi connectivity index (χ1) is 23.4. The number of ether oxygens (including phenoxy) is 2. The third-order valence-corrected chi connectivity index (χ3v) is 11.4.